The average Bonchev–Trinajstić information content (AvgIpc) is 2.43. The molecule has 0 aliphatic carbocycles. The van der Waals surface area contributed by atoms with Gasteiger partial charge in [-0.2, -0.15) is 0 Å². The summed E-state index contributed by atoms with van der Waals surface area (Å²) in [5, 5.41) is 0. The predicted octanol–water partition coefficient (Wildman–Crippen LogP) is 3.65. The van der Waals surface area contributed by atoms with E-state index in [2.05, 4.69) is 13.8 Å². The fraction of sp³-hybridized carbons (Fsp3) is 0.895. The van der Waals surface area contributed by atoms with Crippen LogP contribution in [-0.2, 0) is 19.1 Å². The number of rotatable bonds is 9. The number of methoxy groups -OCH3 is 1. The molecule has 0 aromatic heterocycles. The normalized spacial score (nSPS) is 15.8. The number of carbonyl (C=O) groups excluding carboxylic acids is 2. The van der Waals surface area contributed by atoms with Crippen LogP contribution in [0.2, 0.25) is 0 Å². The third kappa shape index (κ3) is 8.13. The second-order valence-corrected chi connectivity index (χ2v) is 8.04. The fourth-order valence-corrected chi connectivity index (χ4v) is 2.79. The first-order chi connectivity index (χ1) is 10.9. The Morgan fingerprint density at radius 3 is 2.00 bits per heavy atom. The van der Waals surface area contributed by atoms with Crippen molar-refractivity contribution in [1.82, 2.24) is 4.90 Å². The van der Waals surface area contributed by atoms with Gasteiger partial charge in [-0.05, 0) is 32.6 Å². The largest absolute Gasteiger partial charge is 0.460 e. The Kier molecular flexibility index (Phi) is 9.56. The summed E-state index contributed by atoms with van der Waals surface area (Å²) < 4.78 is 11.0. The van der Waals surface area contributed by atoms with Crippen LogP contribution in [0.3, 0.4) is 0 Å². The summed E-state index contributed by atoms with van der Waals surface area (Å²) in [4.78, 5) is 26.5. The first-order valence-corrected chi connectivity index (χ1v) is 8.93. The number of carbonyl (C=O) groups is 2. The van der Waals surface area contributed by atoms with Crippen molar-refractivity contribution < 1.29 is 19.1 Å². The molecule has 0 bridgehead atoms. The van der Waals surface area contributed by atoms with Crippen LogP contribution in [0.4, 0.5) is 0 Å². The number of nitrogens with zero attached hydrogens (tertiary/aromatic N) is 1. The SMILES string of the molecule is CC[C@H](C)[C@@H]([C@@H](CC(=O)OC(C)(C)C)OC)N(C)C(=O)CC(C)C. The topological polar surface area (TPSA) is 55.8 Å². The molecule has 5 heteroatoms. The molecule has 3 atom stereocenters. The highest BCUT2D eigenvalue weighted by atomic mass is 16.6. The summed E-state index contributed by atoms with van der Waals surface area (Å²) >= 11 is 0. The van der Waals surface area contributed by atoms with Crippen LogP contribution in [0.15, 0.2) is 0 Å². The van der Waals surface area contributed by atoms with Crippen LogP contribution in [0.25, 0.3) is 0 Å². The summed E-state index contributed by atoms with van der Waals surface area (Å²) in [6.45, 7) is 13.8. The van der Waals surface area contributed by atoms with Gasteiger partial charge in [-0.1, -0.05) is 34.1 Å². The monoisotopic (exact) mass is 343 g/mol. The summed E-state index contributed by atoms with van der Waals surface area (Å²) in [5.41, 5.74) is -0.527. The molecule has 0 aliphatic rings. The van der Waals surface area contributed by atoms with Crippen LogP contribution in [0.1, 0.15) is 67.7 Å². The minimum Gasteiger partial charge on any atom is -0.460 e. The lowest BCUT2D eigenvalue weighted by Gasteiger charge is -2.38. The van der Waals surface area contributed by atoms with Crippen molar-refractivity contribution in [3.05, 3.63) is 0 Å². The van der Waals surface area contributed by atoms with Crippen molar-refractivity contribution in [2.45, 2.75) is 85.5 Å². The first kappa shape index (κ1) is 22.9. The Morgan fingerprint density at radius 2 is 1.62 bits per heavy atom. The minimum atomic E-state index is -0.527. The maximum Gasteiger partial charge on any atom is 0.309 e. The molecule has 0 heterocycles. The number of amides is 1. The summed E-state index contributed by atoms with van der Waals surface area (Å²) in [5.74, 6) is 0.303. The Labute approximate surface area is 148 Å². The predicted molar refractivity (Wildman–Crippen MR) is 96.7 cm³/mol. The molecule has 0 rings (SSSR count). The van der Waals surface area contributed by atoms with Crippen molar-refractivity contribution in [2.75, 3.05) is 14.2 Å². The van der Waals surface area contributed by atoms with Crippen LogP contribution in [0.5, 0.6) is 0 Å². The fourth-order valence-electron chi connectivity index (χ4n) is 2.79. The average molecular weight is 344 g/mol. The van der Waals surface area contributed by atoms with Crippen molar-refractivity contribution in [2.24, 2.45) is 11.8 Å². The molecule has 24 heavy (non-hydrogen) atoms. The van der Waals surface area contributed by atoms with Crippen molar-refractivity contribution in [3.8, 4) is 0 Å². The third-order valence-corrected chi connectivity index (χ3v) is 4.12. The number of hydrogen-bond donors (Lipinski definition) is 0. The first-order valence-electron chi connectivity index (χ1n) is 8.93. The van der Waals surface area contributed by atoms with E-state index in [4.69, 9.17) is 9.47 Å². The van der Waals surface area contributed by atoms with E-state index in [1.54, 1.807) is 12.0 Å². The lowest BCUT2D eigenvalue weighted by Crippen LogP contribution is -2.50. The van der Waals surface area contributed by atoms with E-state index in [-0.39, 0.29) is 36.4 Å². The lowest BCUT2D eigenvalue weighted by molar-refractivity contribution is -0.160. The van der Waals surface area contributed by atoms with Gasteiger partial charge < -0.3 is 14.4 Å². The second kappa shape index (κ2) is 10.0. The molecule has 0 aromatic carbocycles. The maximum absolute atomic E-state index is 12.5. The lowest BCUT2D eigenvalue weighted by atomic mass is 9.90. The molecule has 0 saturated heterocycles. The Bertz CT molecular complexity index is 401. The van der Waals surface area contributed by atoms with Gasteiger partial charge >= 0.3 is 5.97 Å². The molecule has 0 saturated carbocycles. The van der Waals surface area contributed by atoms with Gasteiger partial charge in [-0.25, -0.2) is 0 Å². The van der Waals surface area contributed by atoms with Crippen molar-refractivity contribution in [1.29, 1.82) is 0 Å². The third-order valence-electron chi connectivity index (χ3n) is 4.12. The van der Waals surface area contributed by atoms with E-state index < -0.39 is 5.60 Å². The molecule has 1 amide bonds. The van der Waals surface area contributed by atoms with E-state index in [9.17, 15) is 9.59 Å². The zero-order valence-corrected chi connectivity index (χ0v) is 17.0. The summed E-state index contributed by atoms with van der Waals surface area (Å²) in [6, 6.07) is -0.154. The van der Waals surface area contributed by atoms with Crippen LogP contribution in [0, 0.1) is 11.8 Å². The number of esters is 1. The molecule has 0 fully saturated rings. The van der Waals surface area contributed by atoms with Crippen LogP contribution < -0.4 is 0 Å². The van der Waals surface area contributed by atoms with E-state index in [1.165, 1.54) is 0 Å². The molecule has 0 N–H and O–H groups in total. The standard InChI is InChI=1S/C19H37NO4/c1-10-14(4)18(20(8)16(21)11-13(2)3)15(23-9)12-17(22)24-19(5,6)7/h13-15,18H,10-12H2,1-9H3/t14-,15+,18-/m0/s1. The zero-order valence-electron chi connectivity index (χ0n) is 17.0. The number of hydrogen-bond acceptors (Lipinski definition) is 4. The molecule has 142 valence electrons. The highest BCUT2D eigenvalue weighted by molar-refractivity contribution is 5.77. The van der Waals surface area contributed by atoms with E-state index in [1.807, 2.05) is 41.7 Å². The number of ether oxygens (including phenoxy) is 2. The van der Waals surface area contributed by atoms with Gasteiger partial charge in [0.25, 0.3) is 0 Å². The van der Waals surface area contributed by atoms with Gasteiger partial charge in [-0.15, -0.1) is 0 Å². The Morgan fingerprint density at radius 1 is 1.08 bits per heavy atom. The number of likely N-dealkylation sites (N-methyl/N-ethyl adjacent to an activating group) is 1. The Hall–Kier alpha value is -1.10. The molecule has 0 aliphatic heterocycles. The van der Waals surface area contributed by atoms with E-state index in [0.717, 1.165) is 6.42 Å². The molecular weight excluding hydrogens is 306 g/mol. The van der Waals surface area contributed by atoms with Crippen LogP contribution in [-0.4, -0.2) is 48.7 Å². The van der Waals surface area contributed by atoms with E-state index in [0.29, 0.717) is 12.3 Å². The molecule has 0 aromatic rings. The highest BCUT2D eigenvalue weighted by Gasteiger charge is 2.34. The van der Waals surface area contributed by atoms with Gasteiger partial charge in [0.1, 0.15) is 5.60 Å². The van der Waals surface area contributed by atoms with Gasteiger partial charge in [0.05, 0.1) is 18.6 Å². The smallest absolute Gasteiger partial charge is 0.309 e. The molecule has 0 spiro atoms. The van der Waals surface area contributed by atoms with Crippen LogP contribution >= 0.6 is 0 Å². The van der Waals surface area contributed by atoms with Gasteiger partial charge in [-0.3, -0.25) is 9.59 Å². The second-order valence-electron chi connectivity index (χ2n) is 8.04. The summed E-state index contributed by atoms with van der Waals surface area (Å²) in [6.07, 6.45) is 1.16. The van der Waals surface area contributed by atoms with Gasteiger partial charge in [0.15, 0.2) is 0 Å². The van der Waals surface area contributed by atoms with Crippen molar-refractivity contribution in [3.63, 3.8) is 0 Å². The van der Waals surface area contributed by atoms with Gasteiger partial charge in [0.2, 0.25) is 5.91 Å². The Balaban J connectivity index is 5.23. The molecule has 5 nitrogen and oxygen atoms in total. The molecule has 0 unspecified atom stereocenters. The van der Waals surface area contributed by atoms with Crippen molar-refractivity contribution >= 4 is 11.9 Å². The minimum absolute atomic E-state index is 0.0848. The summed E-state index contributed by atoms with van der Waals surface area (Å²) in [7, 11) is 3.40. The van der Waals surface area contributed by atoms with E-state index >= 15 is 0 Å². The quantitative estimate of drug-likeness (QED) is 0.600. The highest BCUT2D eigenvalue weighted by Crippen LogP contribution is 2.23. The van der Waals surface area contributed by atoms with Gasteiger partial charge in [0, 0.05) is 20.6 Å². The maximum atomic E-state index is 12.5. The zero-order chi connectivity index (χ0) is 19.1. The molecule has 0 radical (unpaired) electrons. The molecular formula is C19H37NO4.